The van der Waals surface area contributed by atoms with Crippen LogP contribution < -0.4 is 20.1 Å². The number of hydrogen-bond donors (Lipinski definition) is 3. The van der Waals surface area contributed by atoms with E-state index in [0.717, 1.165) is 29.2 Å². The van der Waals surface area contributed by atoms with Gasteiger partial charge in [0.05, 0.1) is 26.4 Å². The maximum absolute atomic E-state index is 10.4. The molecule has 0 heterocycles. The molecule has 146 valence electrons. The summed E-state index contributed by atoms with van der Waals surface area (Å²) >= 11 is 0. The first-order valence-corrected chi connectivity index (χ1v) is 9.22. The van der Waals surface area contributed by atoms with Gasteiger partial charge < -0.3 is 25.2 Å². The van der Waals surface area contributed by atoms with Gasteiger partial charge >= 0.3 is 0 Å². The lowest BCUT2D eigenvalue weighted by Crippen LogP contribution is -2.39. The molecule has 0 amide bonds. The van der Waals surface area contributed by atoms with Crippen LogP contribution in [0.1, 0.15) is 31.1 Å². The summed E-state index contributed by atoms with van der Waals surface area (Å²) in [6.45, 7) is 6.14. The number of methoxy groups -OCH3 is 1. The van der Waals surface area contributed by atoms with E-state index in [1.807, 2.05) is 62.4 Å². The third-order valence-corrected chi connectivity index (χ3v) is 3.97. The number of ether oxygens (including phenoxy) is 2. The molecular weight excluding hydrogens is 342 g/mol. The monoisotopic (exact) mass is 371 g/mol. The van der Waals surface area contributed by atoms with E-state index >= 15 is 0 Å². The van der Waals surface area contributed by atoms with Crippen molar-refractivity contribution in [1.29, 1.82) is 0 Å². The number of rotatable bonds is 9. The van der Waals surface area contributed by atoms with Crippen LogP contribution in [0.5, 0.6) is 11.5 Å². The number of para-hydroxylation sites is 1. The third kappa shape index (κ3) is 6.49. The number of aliphatic imine (C=N–C) groups is 1. The Balaban J connectivity index is 2.01. The number of nitrogens with one attached hydrogen (secondary N) is 2. The van der Waals surface area contributed by atoms with Crippen LogP contribution in [0.2, 0.25) is 0 Å². The van der Waals surface area contributed by atoms with Crippen LogP contribution in [0.3, 0.4) is 0 Å². The maximum Gasteiger partial charge on any atom is 0.191 e. The zero-order valence-corrected chi connectivity index (χ0v) is 16.2. The van der Waals surface area contributed by atoms with Gasteiger partial charge in [-0.15, -0.1) is 0 Å². The Kier molecular flexibility index (Phi) is 8.45. The van der Waals surface area contributed by atoms with E-state index in [1.165, 1.54) is 0 Å². The molecule has 0 aliphatic rings. The number of benzene rings is 2. The Morgan fingerprint density at radius 2 is 1.93 bits per heavy atom. The standard InChI is InChI=1S/C21H29N3O3/c1-4-22-21(23-14-17-9-6-7-12-20(17)27-5-2)24-15-19(25)16-10-8-11-18(13-16)26-3/h6-13,19,25H,4-5,14-15H2,1-3H3,(H2,22,23,24). The van der Waals surface area contributed by atoms with Gasteiger partial charge in [0.2, 0.25) is 0 Å². The van der Waals surface area contributed by atoms with Crippen LogP contribution in [0.15, 0.2) is 53.5 Å². The van der Waals surface area contributed by atoms with Crippen LogP contribution >= 0.6 is 0 Å². The molecule has 0 aromatic heterocycles. The first-order valence-electron chi connectivity index (χ1n) is 9.22. The summed E-state index contributed by atoms with van der Waals surface area (Å²) < 4.78 is 10.9. The minimum atomic E-state index is -0.667. The van der Waals surface area contributed by atoms with Crippen molar-refractivity contribution in [3.05, 3.63) is 59.7 Å². The van der Waals surface area contributed by atoms with Gasteiger partial charge in [-0.3, -0.25) is 0 Å². The summed E-state index contributed by atoms with van der Waals surface area (Å²) in [7, 11) is 1.61. The largest absolute Gasteiger partial charge is 0.497 e. The highest BCUT2D eigenvalue weighted by Gasteiger charge is 2.10. The molecule has 6 heteroatoms. The van der Waals surface area contributed by atoms with Crippen LogP contribution in [-0.2, 0) is 6.54 Å². The second-order valence-corrected chi connectivity index (χ2v) is 5.91. The molecule has 3 N–H and O–H groups in total. The molecule has 0 bridgehead atoms. The highest BCUT2D eigenvalue weighted by atomic mass is 16.5. The molecule has 0 saturated heterocycles. The number of aliphatic hydroxyl groups is 1. The molecule has 0 spiro atoms. The Hall–Kier alpha value is -2.73. The minimum absolute atomic E-state index is 0.339. The molecule has 6 nitrogen and oxygen atoms in total. The van der Waals surface area contributed by atoms with Crippen LogP contribution in [-0.4, -0.2) is 37.9 Å². The van der Waals surface area contributed by atoms with Crippen molar-refractivity contribution in [2.75, 3.05) is 26.8 Å². The van der Waals surface area contributed by atoms with Crippen molar-refractivity contribution in [2.24, 2.45) is 4.99 Å². The molecule has 0 saturated carbocycles. The van der Waals surface area contributed by atoms with Gasteiger partial charge in [-0.05, 0) is 37.6 Å². The van der Waals surface area contributed by atoms with Gasteiger partial charge in [-0.25, -0.2) is 4.99 Å². The summed E-state index contributed by atoms with van der Waals surface area (Å²) in [6.07, 6.45) is -0.667. The molecule has 2 aromatic carbocycles. The fraction of sp³-hybridized carbons (Fsp3) is 0.381. The number of nitrogens with zero attached hydrogens (tertiary/aromatic N) is 1. The zero-order valence-electron chi connectivity index (χ0n) is 16.2. The number of guanidine groups is 1. The van der Waals surface area contributed by atoms with E-state index in [2.05, 4.69) is 15.6 Å². The van der Waals surface area contributed by atoms with Crippen molar-refractivity contribution < 1.29 is 14.6 Å². The molecule has 0 radical (unpaired) electrons. The van der Waals surface area contributed by atoms with Gasteiger partial charge in [0.1, 0.15) is 11.5 Å². The lowest BCUT2D eigenvalue weighted by atomic mass is 10.1. The molecule has 0 aliphatic heterocycles. The lowest BCUT2D eigenvalue weighted by Gasteiger charge is -2.16. The molecule has 0 aliphatic carbocycles. The quantitative estimate of drug-likeness (QED) is 0.467. The third-order valence-electron chi connectivity index (χ3n) is 3.97. The van der Waals surface area contributed by atoms with Crippen LogP contribution in [0.4, 0.5) is 0 Å². The van der Waals surface area contributed by atoms with Crippen molar-refractivity contribution in [3.63, 3.8) is 0 Å². The Labute approximate surface area is 161 Å². The van der Waals surface area contributed by atoms with Crippen molar-refractivity contribution >= 4 is 5.96 Å². The fourth-order valence-electron chi connectivity index (χ4n) is 2.60. The average Bonchev–Trinajstić information content (AvgIpc) is 2.71. The summed E-state index contributed by atoms with van der Waals surface area (Å²) in [4.78, 5) is 4.60. The zero-order chi connectivity index (χ0) is 19.5. The Bertz CT molecular complexity index is 734. The molecule has 2 aromatic rings. The smallest absolute Gasteiger partial charge is 0.191 e. The molecule has 1 atom stereocenters. The second-order valence-electron chi connectivity index (χ2n) is 5.91. The van der Waals surface area contributed by atoms with Gasteiger partial charge in [-0.2, -0.15) is 0 Å². The van der Waals surface area contributed by atoms with E-state index < -0.39 is 6.10 Å². The number of hydrogen-bond acceptors (Lipinski definition) is 4. The Morgan fingerprint density at radius 3 is 2.67 bits per heavy atom. The topological polar surface area (TPSA) is 75.1 Å². The number of aliphatic hydroxyl groups excluding tert-OH is 1. The van der Waals surface area contributed by atoms with Crippen LogP contribution in [0.25, 0.3) is 0 Å². The lowest BCUT2D eigenvalue weighted by molar-refractivity contribution is 0.180. The highest BCUT2D eigenvalue weighted by molar-refractivity contribution is 5.79. The average molecular weight is 371 g/mol. The van der Waals surface area contributed by atoms with Gasteiger partial charge in [0.15, 0.2) is 5.96 Å². The van der Waals surface area contributed by atoms with Crippen LogP contribution in [0, 0.1) is 0 Å². The molecule has 1 unspecified atom stereocenters. The van der Waals surface area contributed by atoms with Crippen molar-refractivity contribution in [3.8, 4) is 11.5 Å². The van der Waals surface area contributed by atoms with E-state index in [-0.39, 0.29) is 0 Å². The highest BCUT2D eigenvalue weighted by Crippen LogP contribution is 2.19. The first-order chi connectivity index (χ1) is 13.2. The van der Waals surface area contributed by atoms with E-state index in [9.17, 15) is 5.11 Å². The fourth-order valence-corrected chi connectivity index (χ4v) is 2.60. The van der Waals surface area contributed by atoms with Crippen molar-refractivity contribution in [2.45, 2.75) is 26.5 Å². The summed E-state index contributed by atoms with van der Waals surface area (Å²) in [5.74, 6) is 2.21. The predicted molar refractivity (Wildman–Crippen MR) is 108 cm³/mol. The molecular formula is C21H29N3O3. The Morgan fingerprint density at radius 1 is 1.11 bits per heavy atom. The molecule has 2 rings (SSSR count). The molecule has 0 fully saturated rings. The maximum atomic E-state index is 10.4. The molecule has 27 heavy (non-hydrogen) atoms. The minimum Gasteiger partial charge on any atom is -0.497 e. The normalized spacial score (nSPS) is 12.4. The van der Waals surface area contributed by atoms with Gasteiger partial charge in [0, 0.05) is 18.7 Å². The summed E-state index contributed by atoms with van der Waals surface area (Å²) in [5, 5.41) is 16.8. The SMILES string of the molecule is CCNC(=NCc1ccccc1OCC)NCC(O)c1cccc(OC)c1. The predicted octanol–water partition coefficient (Wildman–Crippen LogP) is 2.88. The second kappa shape index (κ2) is 11.1. The van der Waals surface area contributed by atoms with E-state index in [4.69, 9.17) is 9.47 Å². The van der Waals surface area contributed by atoms with Gasteiger partial charge in [0.25, 0.3) is 0 Å². The first kappa shape index (κ1) is 20.6. The summed E-state index contributed by atoms with van der Waals surface area (Å²) in [6, 6.07) is 15.3. The van der Waals surface area contributed by atoms with E-state index in [1.54, 1.807) is 7.11 Å². The van der Waals surface area contributed by atoms with Crippen molar-refractivity contribution in [1.82, 2.24) is 10.6 Å². The summed E-state index contributed by atoms with van der Waals surface area (Å²) in [5.41, 5.74) is 1.81. The van der Waals surface area contributed by atoms with Gasteiger partial charge in [-0.1, -0.05) is 30.3 Å². The van der Waals surface area contributed by atoms with E-state index in [0.29, 0.717) is 25.7 Å².